The van der Waals surface area contributed by atoms with Crippen LogP contribution >= 0.6 is 0 Å². The first-order valence-corrected chi connectivity index (χ1v) is 12.8. The minimum atomic E-state index is -0.506. The van der Waals surface area contributed by atoms with Crippen LogP contribution < -0.4 is 0 Å². The normalized spacial score (nSPS) is 11.6. The minimum absolute atomic E-state index is 0.0260. The number of aromatic nitrogens is 1. The molecule has 0 saturated carbocycles. The van der Waals surface area contributed by atoms with Crippen molar-refractivity contribution >= 4 is 11.8 Å². The molecule has 0 unspecified atom stereocenters. The van der Waals surface area contributed by atoms with Gasteiger partial charge in [0.2, 0.25) is 11.8 Å². The van der Waals surface area contributed by atoms with Crippen LogP contribution in [0.2, 0.25) is 0 Å². The molecule has 0 fully saturated rings. The van der Waals surface area contributed by atoms with Crippen LogP contribution in [0.3, 0.4) is 0 Å². The van der Waals surface area contributed by atoms with E-state index in [2.05, 4.69) is 68.8 Å². The summed E-state index contributed by atoms with van der Waals surface area (Å²) >= 11 is 0. The highest BCUT2D eigenvalue weighted by Gasteiger charge is 2.29. The average molecular weight is 468 g/mol. The lowest BCUT2D eigenvalue weighted by atomic mass is 9.94. The van der Waals surface area contributed by atoms with Gasteiger partial charge in [0, 0.05) is 36.9 Å². The lowest BCUT2D eigenvalue weighted by Gasteiger charge is -2.32. The molecule has 1 heterocycles. The lowest BCUT2D eigenvalue weighted by Crippen LogP contribution is -2.47. The molecule has 0 aliphatic carbocycles. The van der Waals surface area contributed by atoms with Gasteiger partial charge in [0.25, 0.3) is 0 Å². The van der Waals surface area contributed by atoms with Gasteiger partial charge in [-0.2, -0.15) is 0 Å². The van der Waals surface area contributed by atoms with Crippen LogP contribution in [-0.4, -0.2) is 45.8 Å². The van der Waals surface area contributed by atoms with E-state index in [0.29, 0.717) is 25.6 Å². The fourth-order valence-corrected chi connectivity index (χ4v) is 3.99. The van der Waals surface area contributed by atoms with Crippen LogP contribution in [-0.2, 0) is 22.7 Å². The van der Waals surface area contributed by atoms with Crippen molar-refractivity contribution in [3.8, 4) is 0 Å². The SMILES string of the molecule is CCCCN(Cc1cccn1Cc1cccc(C)c1)C(=O)CN(CCC(C)C)C(=O)C(C)(C)C. The molecule has 5 nitrogen and oxygen atoms in total. The number of carbonyl (C=O) groups is 2. The second-order valence-corrected chi connectivity index (χ2v) is 10.9. The number of hydrogen-bond donors (Lipinski definition) is 0. The average Bonchev–Trinajstić information content (AvgIpc) is 3.19. The third kappa shape index (κ3) is 8.66. The van der Waals surface area contributed by atoms with Crippen molar-refractivity contribution in [1.29, 1.82) is 0 Å². The summed E-state index contributed by atoms with van der Waals surface area (Å²) in [6.07, 6.45) is 4.94. The molecule has 0 atom stereocenters. The van der Waals surface area contributed by atoms with Crippen LogP contribution in [0.25, 0.3) is 0 Å². The summed E-state index contributed by atoms with van der Waals surface area (Å²) in [7, 11) is 0. The number of amides is 2. The quantitative estimate of drug-likeness (QED) is 0.390. The lowest BCUT2D eigenvalue weighted by molar-refractivity contribution is -0.146. The van der Waals surface area contributed by atoms with E-state index < -0.39 is 5.41 Å². The van der Waals surface area contributed by atoms with Crippen molar-refractivity contribution in [2.75, 3.05) is 19.6 Å². The van der Waals surface area contributed by atoms with E-state index in [-0.39, 0.29) is 18.4 Å². The van der Waals surface area contributed by atoms with Crippen molar-refractivity contribution in [2.24, 2.45) is 11.3 Å². The molecule has 0 aliphatic heterocycles. The fourth-order valence-electron chi connectivity index (χ4n) is 3.99. The van der Waals surface area contributed by atoms with Crippen LogP contribution in [0.15, 0.2) is 42.6 Å². The molecule has 1 aromatic carbocycles. The second kappa shape index (κ2) is 12.8. The molecule has 5 heteroatoms. The maximum Gasteiger partial charge on any atom is 0.242 e. The molecule has 2 amide bonds. The standard InChI is InChI=1S/C29H45N3O2/c1-8-9-16-31(27(33)22-32(18-15-23(2)3)28(34)29(5,6)7)21-26-14-11-17-30(26)20-25-13-10-12-24(4)19-25/h10-14,17,19,23H,8-9,15-16,18,20-22H2,1-7H3. The van der Waals surface area contributed by atoms with Gasteiger partial charge in [-0.25, -0.2) is 0 Å². The van der Waals surface area contributed by atoms with Crippen molar-refractivity contribution < 1.29 is 9.59 Å². The van der Waals surface area contributed by atoms with E-state index in [4.69, 9.17) is 0 Å². The summed E-state index contributed by atoms with van der Waals surface area (Å²) in [4.78, 5) is 30.3. The molecule has 1 aromatic heterocycles. The Balaban J connectivity index is 2.18. The number of unbranched alkanes of at least 4 members (excludes halogenated alkanes) is 1. The van der Waals surface area contributed by atoms with E-state index in [9.17, 15) is 9.59 Å². The number of benzene rings is 1. The van der Waals surface area contributed by atoms with Gasteiger partial charge in [0.15, 0.2) is 0 Å². The molecule has 188 valence electrons. The molecule has 0 saturated heterocycles. The van der Waals surface area contributed by atoms with Gasteiger partial charge in [-0.1, -0.05) is 77.8 Å². The number of hydrogen-bond acceptors (Lipinski definition) is 2. The van der Waals surface area contributed by atoms with Gasteiger partial charge in [0.05, 0.1) is 13.1 Å². The molecular weight excluding hydrogens is 422 g/mol. The highest BCUT2D eigenvalue weighted by Crippen LogP contribution is 2.19. The Morgan fingerprint density at radius 3 is 2.38 bits per heavy atom. The zero-order valence-electron chi connectivity index (χ0n) is 22.4. The third-order valence-electron chi connectivity index (χ3n) is 6.08. The second-order valence-electron chi connectivity index (χ2n) is 10.9. The van der Waals surface area contributed by atoms with E-state index in [1.807, 2.05) is 31.7 Å². The fraction of sp³-hybridized carbons (Fsp3) is 0.586. The molecule has 0 spiro atoms. The molecule has 0 aliphatic rings. The predicted molar refractivity (Wildman–Crippen MR) is 141 cm³/mol. The first-order chi connectivity index (χ1) is 16.0. The molecule has 2 rings (SSSR count). The van der Waals surface area contributed by atoms with Gasteiger partial charge in [0.1, 0.15) is 0 Å². The largest absolute Gasteiger partial charge is 0.345 e. The Hall–Kier alpha value is -2.56. The van der Waals surface area contributed by atoms with E-state index in [1.54, 1.807) is 4.90 Å². The Labute approximate surface area is 207 Å². The van der Waals surface area contributed by atoms with Crippen molar-refractivity contribution in [2.45, 2.75) is 80.8 Å². The summed E-state index contributed by atoms with van der Waals surface area (Å²) in [6.45, 7) is 17.1. The number of carbonyl (C=O) groups excluding carboxylic acids is 2. The van der Waals surface area contributed by atoms with Gasteiger partial charge < -0.3 is 14.4 Å². The highest BCUT2D eigenvalue weighted by molar-refractivity contribution is 5.87. The summed E-state index contributed by atoms with van der Waals surface area (Å²) in [5.41, 5.74) is 3.10. The maximum absolute atomic E-state index is 13.5. The van der Waals surface area contributed by atoms with Gasteiger partial charge in [-0.05, 0) is 43.4 Å². The van der Waals surface area contributed by atoms with Crippen LogP contribution in [0.1, 0.15) is 77.6 Å². The summed E-state index contributed by atoms with van der Waals surface area (Å²) in [6, 6.07) is 12.7. The highest BCUT2D eigenvalue weighted by atomic mass is 16.2. The minimum Gasteiger partial charge on any atom is -0.345 e. The van der Waals surface area contributed by atoms with Crippen LogP contribution in [0.5, 0.6) is 0 Å². The Morgan fingerprint density at radius 2 is 1.76 bits per heavy atom. The zero-order valence-corrected chi connectivity index (χ0v) is 22.4. The van der Waals surface area contributed by atoms with E-state index in [1.165, 1.54) is 11.1 Å². The predicted octanol–water partition coefficient (Wildman–Crippen LogP) is 5.89. The topological polar surface area (TPSA) is 45.6 Å². The Morgan fingerprint density at radius 1 is 1.03 bits per heavy atom. The number of nitrogens with zero attached hydrogens (tertiary/aromatic N) is 3. The van der Waals surface area contributed by atoms with Gasteiger partial charge in [-0.15, -0.1) is 0 Å². The Bertz CT molecular complexity index is 923. The van der Waals surface area contributed by atoms with Crippen LogP contribution in [0, 0.1) is 18.3 Å². The zero-order chi connectivity index (χ0) is 25.3. The first-order valence-electron chi connectivity index (χ1n) is 12.8. The monoisotopic (exact) mass is 467 g/mol. The van der Waals surface area contributed by atoms with Crippen LogP contribution in [0.4, 0.5) is 0 Å². The summed E-state index contributed by atoms with van der Waals surface area (Å²) in [5.74, 6) is 0.546. The molecule has 2 aromatic rings. The number of rotatable bonds is 12. The molecular formula is C29H45N3O2. The Kier molecular flexibility index (Phi) is 10.4. The molecule has 34 heavy (non-hydrogen) atoms. The first kappa shape index (κ1) is 27.7. The summed E-state index contributed by atoms with van der Waals surface area (Å²) in [5, 5.41) is 0. The van der Waals surface area contributed by atoms with E-state index in [0.717, 1.165) is 31.5 Å². The van der Waals surface area contributed by atoms with Crippen molar-refractivity contribution in [3.05, 3.63) is 59.4 Å². The van der Waals surface area contributed by atoms with Crippen molar-refractivity contribution in [3.63, 3.8) is 0 Å². The summed E-state index contributed by atoms with van der Waals surface area (Å²) < 4.78 is 2.22. The molecule has 0 bridgehead atoms. The molecule has 0 radical (unpaired) electrons. The van der Waals surface area contributed by atoms with Gasteiger partial charge in [-0.3, -0.25) is 9.59 Å². The smallest absolute Gasteiger partial charge is 0.242 e. The maximum atomic E-state index is 13.5. The third-order valence-corrected chi connectivity index (χ3v) is 6.08. The van der Waals surface area contributed by atoms with Gasteiger partial charge >= 0.3 is 0 Å². The number of aryl methyl sites for hydroxylation is 1. The van der Waals surface area contributed by atoms with E-state index >= 15 is 0 Å². The van der Waals surface area contributed by atoms with Crippen molar-refractivity contribution in [1.82, 2.24) is 14.4 Å². The molecule has 0 N–H and O–H groups in total.